The predicted molar refractivity (Wildman–Crippen MR) is 56.5 cm³/mol. The van der Waals surface area contributed by atoms with Gasteiger partial charge in [-0.15, -0.1) is 0 Å². The molecule has 3 heterocycles. The first-order valence-electron chi connectivity index (χ1n) is 6.24. The van der Waals surface area contributed by atoms with Crippen LogP contribution in [0.2, 0.25) is 0 Å². The third-order valence-electron chi connectivity index (χ3n) is 4.11. The highest BCUT2D eigenvalue weighted by Crippen LogP contribution is 2.48. The van der Waals surface area contributed by atoms with Crippen molar-refractivity contribution in [2.45, 2.75) is 44.8 Å². The Morgan fingerprint density at radius 3 is 2.25 bits per heavy atom. The number of carbonyl (C=O) groups is 2. The number of hydrogen-bond acceptors (Lipinski definition) is 3. The lowest BCUT2D eigenvalue weighted by molar-refractivity contribution is -0.142. The Morgan fingerprint density at radius 1 is 1.19 bits per heavy atom. The Kier molecular flexibility index (Phi) is 2.28. The Hall–Kier alpha value is -0.900. The van der Waals surface area contributed by atoms with Crippen LogP contribution in [0.4, 0.5) is 0 Å². The van der Waals surface area contributed by atoms with E-state index in [1.807, 2.05) is 0 Å². The number of amides is 2. The normalized spacial score (nSPS) is 40.9. The molecule has 3 aliphatic rings. The lowest BCUT2D eigenvalue weighted by Gasteiger charge is -2.16. The number of likely N-dealkylation sites (tertiary alicyclic amines) is 1. The lowest BCUT2D eigenvalue weighted by atomic mass is 9.81. The van der Waals surface area contributed by atoms with Gasteiger partial charge in [-0.1, -0.05) is 13.3 Å². The van der Waals surface area contributed by atoms with E-state index < -0.39 is 0 Å². The molecule has 4 nitrogen and oxygen atoms in total. The maximum atomic E-state index is 12.1. The van der Waals surface area contributed by atoms with Gasteiger partial charge in [-0.2, -0.15) is 0 Å². The number of unbranched alkanes of at least 4 members (excludes halogenated alkanes) is 1. The molecule has 0 radical (unpaired) electrons. The van der Waals surface area contributed by atoms with Crippen LogP contribution in [-0.4, -0.2) is 35.5 Å². The summed E-state index contributed by atoms with van der Waals surface area (Å²) in [5.74, 6) is -0.252. The van der Waals surface area contributed by atoms with Crippen molar-refractivity contribution in [1.29, 1.82) is 0 Å². The van der Waals surface area contributed by atoms with Crippen molar-refractivity contribution in [3.8, 4) is 0 Å². The first-order chi connectivity index (χ1) is 7.74. The zero-order chi connectivity index (χ0) is 11.3. The molecule has 0 aliphatic carbocycles. The Labute approximate surface area is 94.9 Å². The second-order valence-corrected chi connectivity index (χ2v) is 5.02. The SMILES string of the molecule is CCCCN1C(=O)[C@@H]2[C@@H](C1=O)[C@H]1CC[C@H]2O1. The summed E-state index contributed by atoms with van der Waals surface area (Å²) in [5, 5.41) is 0. The fourth-order valence-corrected chi connectivity index (χ4v) is 3.31. The van der Waals surface area contributed by atoms with E-state index in [2.05, 4.69) is 6.92 Å². The Balaban J connectivity index is 1.81. The molecular weight excluding hydrogens is 206 g/mol. The van der Waals surface area contributed by atoms with Crippen LogP contribution in [0.25, 0.3) is 0 Å². The average molecular weight is 223 g/mol. The summed E-state index contributed by atoms with van der Waals surface area (Å²) in [6, 6.07) is 0. The lowest BCUT2D eigenvalue weighted by Crippen LogP contribution is -2.34. The summed E-state index contributed by atoms with van der Waals surface area (Å²) >= 11 is 0. The molecule has 88 valence electrons. The standard InChI is InChI=1S/C12H17NO3/c1-2-3-6-13-11(14)9-7-4-5-8(16-7)10(9)12(13)15/h7-10H,2-6H2,1H3/t7-,8-,9+,10+/m1/s1. The van der Waals surface area contributed by atoms with Crippen molar-refractivity contribution in [3.05, 3.63) is 0 Å². The van der Waals surface area contributed by atoms with Crippen LogP contribution in [0.15, 0.2) is 0 Å². The largest absolute Gasteiger partial charge is 0.373 e. The van der Waals surface area contributed by atoms with Crippen LogP contribution >= 0.6 is 0 Å². The second-order valence-electron chi connectivity index (χ2n) is 5.02. The monoisotopic (exact) mass is 223 g/mol. The molecular formula is C12H17NO3. The molecule has 0 aromatic carbocycles. The summed E-state index contributed by atoms with van der Waals surface area (Å²) in [4.78, 5) is 25.7. The molecule has 0 saturated carbocycles. The molecule has 4 atom stereocenters. The van der Waals surface area contributed by atoms with E-state index >= 15 is 0 Å². The minimum absolute atomic E-state index is 0.0238. The summed E-state index contributed by atoms with van der Waals surface area (Å²) in [6.07, 6.45) is 3.87. The molecule has 3 aliphatic heterocycles. The van der Waals surface area contributed by atoms with Crippen molar-refractivity contribution in [2.24, 2.45) is 11.8 Å². The molecule has 0 aromatic heterocycles. The van der Waals surface area contributed by atoms with Gasteiger partial charge in [0.15, 0.2) is 0 Å². The van der Waals surface area contributed by atoms with Crippen LogP contribution in [0.3, 0.4) is 0 Å². The van der Waals surface area contributed by atoms with E-state index in [0.29, 0.717) is 6.54 Å². The molecule has 0 unspecified atom stereocenters. The number of fused-ring (bicyclic) bond motifs is 5. The summed E-state index contributed by atoms with van der Waals surface area (Å²) in [5.41, 5.74) is 0. The highest BCUT2D eigenvalue weighted by Gasteiger charge is 2.61. The van der Waals surface area contributed by atoms with E-state index in [1.54, 1.807) is 0 Å². The summed E-state index contributed by atoms with van der Waals surface area (Å²) in [6.45, 7) is 2.67. The van der Waals surface area contributed by atoms with Crippen molar-refractivity contribution in [3.63, 3.8) is 0 Å². The minimum Gasteiger partial charge on any atom is -0.373 e. The first-order valence-corrected chi connectivity index (χ1v) is 6.24. The zero-order valence-corrected chi connectivity index (χ0v) is 9.52. The van der Waals surface area contributed by atoms with Gasteiger partial charge in [-0.05, 0) is 19.3 Å². The summed E-state index contributed by atoms with van der Waals surface area (Å²) in [7, 11) is 0. The first kappa shape index (κ1) is 10.3. The quantitative estimate of drug-likeness (QED) is 0.669. The van der Waals surface area contributed by atoms with E-state index in [4.69, 9.17) is 4.74 Å². The zero-order valence-electron chi connectivity index (χ0n) is 9.52. The number of rotatable bonds is 3. The van der Waals surface area contributed by atoms with Gasteiger partial charge >= 0.3 is 0 Å². The van der Waals surface area contributed by atoms with Crippen molar-refractivity contribution >= 4 is 11.8 Å². The number of ether oxygens (including phenoxy) is 1. The topological polar surface area (TPSA) is 46.6 Å². The van der Waals surface area contributed by atoms with Crippen LogP contribution in [0.5, 0.6) is 0 Å². The molecule has 0 N–H and O–H groups in total. The second kappa shape index (κ2) is 3.55. The Morgan fingerprint density at radius 2 is 1.75 bits per heavy atom. The molecule has 3 rings (SSSR count). The predicted octanol–water partition coefficient (Wildman–Crippen LogP) is 0.949. The third kappa shape index (κ3) is 1.19. The van der Waals surface area contributed by atoms with E-state index in [-0.39, 0.29) is 35.9 Å². The molecule has 2 amide bonds. The third-order valence-corrected chi connectivity index (χ3v) is 4.11. The van der Waals surface area contributed by atoms with E-state index in [9.17, 15) is 9.59 Å². The molecule has 2 bridgehead atoms. The van der Waals surface area contributed by atoms with Gasteiger partial charge in [-0.3, -0.25) is 14.5 Å². The Bertz CT molecular complexity index is 313. The van der Waals surface area contributed by atoms with Crippen LogP contribution in [-0.2, 0) is 14.3 Å². The van der Waals surface area contributed by atoms with Crippen LogP contribution < -0.4 is 0 Å². The molecule has 0 aromatic rings. The summed E-state index contributed by atoms with van der Waals surface area (Å²) < 4.78 is 5.66. The number of imide groups is 1. The van der Waals surface area contributed by atoms with Gasteiger partial charge < -0.3 is 4.74 Å². The van der Waals surface area contributed by atoms with E-state index in [1.165, 1.54) is 4.90 Å². The van der Waals surface area contributed by atoms with E-state index in [0.717, 1.165) is 25.7 Å². The van der Waals surface area contributed by atoms with Gasteiger partial charge in [0.25, 0.3) is 0 Å². The van der Waals surface area contributed by atoms with Crippen molar-refractivity contribution in [1.82, 2.24) is 4.90 Å². The van der Waals surface area contributed by atoms with Gasteiger partial charge in [0.2, 0.25) is 11.8 Å². The smallest absolute Gasteiger partial charge is 0.235 e. The van der Waals surface area contributed by atoms with Gasteiger partial charge in [0.05, 0.1) is 24.0 Å². The minimum atomic E-state index is -0.150. The average Bonchev–Trinajstić information content (AvgIpc) is 2.92. The highest BCUT2D eigenvalue weighted by molar-refractivity contribution is 6.06. The number of nitrogens with zero attached hydrogens (tertiary/aromatic N) is 1. The van der Waals surface area contributed by atoms with Gasteiger partial charge in [0.1, 0.15) is 0 Å². The molecule has 3 saturated heterocycles. The van der Waals surface area contributed by atoms with Crippen molar-refractivity contribution in [2.75, 3.05) is 6.54 Å². The maximum absolute atomic E-state index is 12.1. The number of carbonyl (C=O) groups excluding carboxylic acids is 2. The van der Waals surface area contributed by atoms with Crippen molar-refractivity contribution < 1.29 is 14.3 Å². The molecule has 0 spiro atoms. The molecule has 3 fully saturated rings. The number of hydrogen-bond donors (Lipinski definition) is 0. The van der Waals surface area contributed by atoms with Crippen LogP contribution in [0, 0.1) is 11.8 Å². The van der Waals surface area contributed by atoms with Gasteiger partial charge in [-0.25, -0.2) is 0 Å². The highest BCUT2D eigenvalue weighted by atomic mass is 16.5. The fourth-order valence-electron chi connectivity index (χ4n) is 3.31. The molecule has 16 heavy (non-hydrogen) atoms. The molecule has 4 heteroatoms. The maximum Gasteiger partial charge on any atom is 0.235 e. The fraction of sp³-hybridized carbons (Fsp3) is 0.833. The van der Waals surface area contributed by atoms with Crippen LogP contribution in [0.1, 0.15) is 32.6 Å². The van der Waals surface area contributed by atoms with Gasteiger partial charge in [0, 0.05) is 6.54 Å².